The van der Waals surface area contributed by atoms with Gasteiger partial charge in [0.05, 0.1) is 13.2 Å². The smallest absolute Gasteiger partial charge is 0.322 e. The van der Waals surface area contributed by atoms with Crippen LogP contribution in [-0.4, -0.2) is 38.4 Å². The number of hydrogen-bond donors (Lipinski definition) is 1. The van der Waals surface area contributed by atoms with Crippen molar-refractivity contribution >= 4 is 5.97 Å². The number of esters is 1. The van der Waals surface area contributed by atoms with Gasteiger partial charge in [0.2, 0.25) is 0 Å². The largest absolute Gasteiger partial charge is 0.465 e. The summed E-state index contributed by atoms with van der Waals surface area (Å²) in [4.78, 5) is 11.2. The predicted octanol–water partition coefficient (Wildman–Crippen LogP) is 1.20. The zero-order valence-electron chi connectivity index (χ0n) is 10.2. The molecule has 0 aromatic rings. The van der Waals surface area contributed by atoms with Crippen molar-refractivity contribution in [3.63, 3.8) is 0 Å². The van der Waals surface area contributed by atoms with Gasteiger partial charge in [0.15, 0.2) is 0 Å². The van der Waals surface area contributed by atoms with E-state index in [2.05, 4.69) is 19.2 Å². The van der Waals surface area contributed by atoms with E-state index in [1.54, 1.807) is 13.8 Å². The second-order valence-electron chi connectivity index (χ2n) is 3.90. The Hall–Kier alpha value is -0.610. The van der Waals surface area contributed by atoms with Gasteiger partial charge in [-0.1, -0.05) is 13.8 Å². The molecular formula is C11H23NO3. The normalized spacial score (nSPS) is 12.9. The van der Waals surface area contributed by atoms with Crippen LogP contribution in [0.4, 0.5) is 0 Å². The van der Waals surface area contributed by atoms with Crippen LogP contribution in [0, 0.1) is 5.92 Å². The van der Waals surface area contributed by atoms with Crippen molar-refractivity contribution in [1.82, 2.24) is 5.32 Å². The third kappa shape index (κ3) is 8.39. The second-order valence-corrected chi connectivity index (χ2v) is 3.90. The molecule has 0 spiro atoms. The maximum atomic E-state index is 11.2. The van der Waals surface area contributed by atoms with Crippen molar-refractivity contribution in [2.24, 2.45) is 5.92 Å². The fraction of sp³-hybridized carbons (Fsp3) is 0.909. The minimum Gasteiger partial charge on any atom is -0.465 e. The van der Waals surface area contributed by atoms with E-state index < -0.39 is 0 Å². The SMILES string of the molecule is CCOC(=O)C(C)NCCOCC(C)C. The molecule has 0 radical (unpaired) electrons. The average Bonchev–Trinajstić information content (AvgIpc) is 2.16. The highest BCUT2D eigenvalue weighted by Crippen LogP contribution is 1.92. The summed E-state index contributed by atoms with van der Waals surface area (Å²) in [6.45, 7) is 10.3. The summed E-state index contributed by atoms with van der Waals surface area (Å²) in [5.41, 5.74) is 0. The molecule has 0 bridgehead atoms. The Balaban J connectivity index is 3.38. The summed E-state index contributed by atoms with van der Waals surface area (Å²) in [6.07, 6.45) is 0. The van der Waals surface area contributed by atoms with E-state index in [0.717, 1.165) is 6.61 Å². The van der Waals surface area contributed by atoms with Gasteiger partial charge in [-0.25, -0.2) is 0 Å². The first-order valence-corrected chi connectivity index (χ1v) is 5.55. The summed E-state index contributed by atoms with van der Waals surface area (Å²) < 4.78 is 10.2. The topological polar surface area (TPSA) is 47.6 Å². The van der Waals surface area contributed by atoms with Gasteiger partial charge in [-0.15, -0.1) is 0 Å². The summed E-state index contributed by atoms with van der Waals surface area (Å²) in [7, 11) is 0. The number of carbonyl (C=O) groups excluding carboxylic acids is 1. The molecule has 0 aliphatic heterocycles. The molecule has 0 aromatic carbocycles. The molecule has 1 unspecified atom stereocenters. The molecule has 0 rings (SSSR count). The van der Waals surface area contributed by atoms with Gasteiger partial charge >= 0.3 is 5.97 Å². The molecule has 0 aromatic heterocycles. The minimum atomic E-state index is -0.257. The summed E-state index contributed by atoms with van der Waals surface area (Å²) in [6, 6.07) is -0.257. The van der Waals surface area contributed by atoms with E-state index in [4.69, 9.17) is 9.47 Å². The molecule has 0 saturated carbocycles. The Kier molecular flexibility index (Phi) is 8.33. The zero-order chi connectivity index (χ0) is 11.7. The van der Waals surface area contributed by atoms with E-state index >= 15 is 0 Å². The number of nitrogens with one attached hydrogen (secondary N) is 1. The van der Waals surface area contributed by atoms with Crippen molar-refractivity contribution in [2.45, 2.75) is 33.7 Å². The summed E-state index contributed by atoms with van der Waals surface area (Å²) in [5, 5.41) is 3.04. The first-order valence-electron chi connectivity index (χ1n) is 5.55. The third-order valence-electron chi connectivity index (χ3n) is 1.79. The Morgan fingerprint density at radius 2 is 2.00 bits per heavy atom. The van der Waals surface area contributed by atoms with Crippen molar-refractivity contribution in [3.8, 4) is 0 Å². The second kappa shape index (κ2) is 8.68. The molecule has 0 amide bonds. The Bertz CT molecular complexity index is 171. The van der Waals surface area contributed by atoms with Crippen molar-refractivity contribution in [3.05, 3.63) is 0 Å². The van der Waals surface area contributed by atoms with Crippen molar-refractivity contribution in [1.29, 1.82) is 0 Å². The van der Waals surface area contributed by atoms with Crippen LogP contribution in [0.3, 0.4) is 0 Å². The zero-order valence-corrected chi connectivity index (χ0v) is 10.2. The lowest BCUT2D eigenvalue weighted by Crippen LogP contribution is -2.37. The lowest BCUT2D eigenvalue weighted by Gasteiger charge is -2.13. The van der Waals surface area contributed by atoms with Crippen LogP contribution >= 0.6 is 0 Å². The average molecular weight is 217 g/mol. The molecule has 0 fully saturated rings. The van der Waals surface area contributed by atoms with Gasteiger partial charge in [-0.3, -0.25) is 4.79 Å². The minimum absolute atomic E-state index is 0.207. The van der Waals surface area contributed by atoms with Crippen LogP contribution in [0.25, 0.3) is 0 Å². The van der Waals surface area contributed by atoms with Gasteiger partial charge in [0.25, 0.3) is 0 Å². The standard InChI is InChI=1S/C11H23NO3/c1-5-15-11(13)10(4)12-6-7-14-8-9(2)3/h9-10,12H,5-8H2,1-4H3. The predicted molar refractivity (Wildman–Crippen MR) is 59.8 cm³/mol. The molecule has 15 heavy (non-hydrogen) atoms. The van der Waals surface area contributed by atoms with Crippen LogP contribution in [0.2, 0.25) is 0 Å². The van der Waals surface area contributed by atoms with Gasteiger partial charge in [-0.2, -0.15) is 0 Å². The summed E-state index contributed by atoms with van der Waals surface area (Å²) in [5.74, 6) is 0.342. The van der Waals surface area contributed by atoms with Crippen LogP contribution in [0.15, 0.2) is 0 Å². The van der Waals surface area contributed by atoms with E-state index in [1.165, 1.54) is 0 Å². The van der Waals surface area contributed by atoms with Gasteiger partial charge in [-0.05, 0) is 19.8 Å². The van der Waals surface area contributed by atoms with E-state index in [1.807, 2.05) is 0 Å². The molecule has 1 N–H and O–H groups in total. The molecule has 90 valence electrons. The van der Waals surface area contributed by atoms with E-state index in [-0.39, 0.29) is 12.0 Å². The molecule has 0 saturated heterocycles. The van der Waals surface area contributed by atoms with Crippen molar-refractivity contribution in [2.75, 3.05) is 26.4 Å². The van der Waals surface area contributed by atoms with Gasteiger partial charge in [0.1, 0.15) is 6.04 Å². The molecule has 4 nitrogen and oxygen atoms in total. The van der Waals surface area contributed by atoms with Crippen LogP contribution < -0.4 is 5.32 Å². The number of hydrogen-bond acceptors (Lipinski definition) is 4. The van der Waals surface area contributed by atoms with Gasteiger partial charge < -0.3 is 14.8 Å². The first-order chi connectivity index (χ1) is 7.07. The van der Waals surface area contributed by atoms with Crippen LogP contribution in [0.1, 0.15) is 27.7 Å². The number of rotatable bonds is 8. The molecule has 0 heterocycles. The fourth-order valence-corrected chi connectivity index (χ4v) is 1.02. The molecular weight excluding hydrogens is 194 g/mol. The maximum Gasteiger partial charge on any atom is 0.322 e. The van der Waals surface area contributed by atoms with E-state index in [9.17, 15) is 4.79 Å². The monoisotopic (exact) mass is 217 g/mol. The van der Waals surface area contributed by atoms with Crippen LogP contribution in [-0.2, 0) is 14.3 Å². The number of ether oxygens (including phenoxy) is 2. The van der Waals surface area contributed by atoms with Crippen molar-refractivity contribution < 1.29 is 14.3 Å². The highest BCUT2D eigenvalue weighted by molar-refractivity contribution is 5.75. The molecule has 0 aliphatic carbocycles. The van der Waals surface area contributed by atoms with E-state index in [0.29, 0.717) is 25.7 Å². The highest BCUT2D eigenvalue weighted by Gasteiger charge is 2.11. The number of carbonyl (C=O) groups is 1. The lowest BCUT2D eigenvalue weighted by molar-refractivity contribution is -0.145. The lowest BCUT2D eigenvalue weighted by atomic mass is 10.2. The Labute approximate surface area is 92.3 Å². The molecule has 1 atom stereocenters. The Morgan fingerprint density at radius 3 is 2.53 bits per heavy atom. The molecule has 4 heteroatoms. The molecule has 0 aliphatic rings. The first kappa shape index (κ1) is 14.4. The highest BCUT2D eigenvalue weighted by atomic mass is 16.5. The third-order valence-corrected chi connectivity index (χ3v) is 1.79. The van der Waals surface area contributed by atoms with Crippen LogP contribution in [0.5, 0.6) is 0 Å². The fourth-order valence-electron chi connectivity index (χ4n) is 1.02. The maximum absolute atomic E-state index is 11.2. The summed E-state index contributed by atoms with van der Waals surface area (Å²) >= 11 is 0. The van der Waals surface area contributed by atoms with Gasteiger partial charge in [0, 0.05) is 13.2 Å². The Morgan fingerprint density at radius 1 is 1.33 bits per heavy atom. The quantitative estimate of drug-likeness (QED) is 0.490.